The lowest BCUT2D eigenvalue weighted by molar-refractivity contribution is -0.384. The quantitative estimate of drug-likeness (QED) is 0.502. The molecule has 2 rings (SSSR count). The van der Waals surface area contributed by atoms with E-state index in [0.717, 1.165) is 4.90 Å². The van der Waals surface area contributed by atoms with Gasteiger partial charge in [-0.1, -0.05) is 30.3 Å². The Hall–Kier alpha value is -2.34. The molecule has 1 N–H and O–H groups in total. The molecule has 108 valence electrons. The van der Waals surface area contributed by atoms with Crippen LogP contribution in [0.2, 0.25) is 0 Å². The summed E-state index contributed by atoms with van der Waals surface area (Å²) in [4.78, 5) is 22.5. The van der Waals surface area contributed by atoms with Gasteiger partial charge in [0.15, 0.2) is 0 Å². The number of nitrogens with zero attached hydrogens (tertiary/aromatic N) is 1. The smallest absolute Gasteiger partial charge is 0.317 e. The fourth-order valence-corrected chi connectivity index (χ4v) is 2.87. The van der Waals surface area contributed by atoms with Crippen molar-refractivity contribution in [2.24, 2.45) is 0 Å². The second kappa shape index (κ2) is 6.90. The van der Waals surface area contributed by atoms with Gasteiger partial charge in [-0.05, 0) is 24.1 Å². The van der Waals surface area contributed by atoms with E-state index in [2.05, 4.69) is 0 Å². The van der Waals surface area contributed by atoms with Crippen LogP contribution in [-0.4, -0.2) is 21.2 Å². The van der Waals surface area contributed by atoms with Crippen LogP contribution in [0.1, 0.15) is 5.56 Å². The van der Waals surface area contributed by atoms with Gasteiger partial charge < -0.3 is 5.11 Å². The molecule has 2 aromatic carbocycles. The van der Waals surface area contributed by atoms with Crippen LogP contribution in [0.25, 0.3) is 0 Å². The number of nitro groups is 1. The van der Waals surface area contributed by atoms with Crippen molar-refractivity contribution < 1.29 is 14.8 Å². The summed E-state index contributed by atoms with van der Waals surface area (Å²) in [6.45, 7) is 0. The summed E-state index contributed by atoms with van der Waals surface area (Å²) >= 11 is 1.24. The average Bonchev–Trinajstić information content (AvgIpc) is 2.48. The molecule has 0 unspecified atom stereocenters. The Kier molecular flexibility index (Phi) is 4.94. The van der Waals surface area contributed by atoms with Crippen LogP contribution in [0.5, 0.6) is 0 Å². The third-order valence-electron chi connectivity index (χ3n) is 2.84. The Morgan fingerprint density at radius 2 is 1.90 bits per heavy atom. The van der Waals surface area contributed by atoms with Crippen LogP contribution < -0.4 is 0 Å². The number of benzene rings is 2. The van der Waals surface area contributed by atoms with Gasteiger partial charge in [-0.2, -0.15) is 0 Å². The molecule has 0 heterocycles. The molecule has 2 aromatic rings. The van der Waals surface area contributed by atoms with E-state index in [0.29, 0.717) is 5.56 Å². The zero-order valence-corrected chi connectivity index (χ0v) is 11.8. The summed E-state index contributed by atoms with van der Waals surface area (Å²) in [7, 11) is 0. The van der Waals surface area contributed by atoms with Gasteiger partial charge in [-0.3, -0.25) is 14.9 Å². The normalized spacial score (nSPS) is 11.8. The van der Waals surface area contributed by atoms with Crippen molar-refractivity contribution in [1.29, 1.82) is 0 Å². The van der Waals surface area contributed by atoms with Crippen LogP contribution in [0, 0.1) is 10.1 Å². The first-order chi connectivity index (χ1) is 10.1. The summed E-state index contributed by atoms with van der Waals surface area (Å²) in [6.07, 6.45) is 0.233. The predicted molar refractivity (Wildman–Crippen MR) is 80.5 cm³/mol. The standard InChI is InChI=1S/C15H13NO4S/c17-15(18)14(21-13-7-2-1-3-8-13)10-11-5-4-6-12(9-11)16(19)20/h1-9,14H,10H2,(H,17,18)/t14-/m0/s1. The van der Waals surface area contributed by atoms with Crippen LogP contribution in [0.15, 0.2) is 59.5 Å². The van der Waals surface area contributed by atoms with Crippen molar-refractivity contribution >= 4 is 23.4 Å². The van der Waals surface area contributed by atoms with E-state index < -0.39 is 16.1 Å². The van der Waals surface area contributed by atoms with E-state index in [4.69, 9.17) is 0 Å². The number of nitro benzene ring substituents is 1. The highest BCUT2D eigenvalue weighted by atomic mass is 32.2. The maximum Gasteiger partial charge on any atom is 0.317 e. The number of aliphatic carboxylic acids is 1. The summed E-state index contributed by atoms with van der Waals surface area (Å²) in [5.41, 5.74) is 0.612. The summed E-state index contributed by atoms with van der Waals surface area (Å²) in [5.74, 6) is -0.935. The van der Waals surface area contributed by atoms with Crippen molar-refractivity contribution in [3.8, 4) is 0 Å². The van der Waals surface area contributed by atoms with E-state index in [1.54, 1.807) is 12.1 Å². The molecule has 5 nitrogen and oxygen atoms in total. The molecule has 0 radical (unpaired) electrons. The van der Waals surface area contributed by atoms with Gasteiger partial charge in [0.05, 0.1) is 4.92 Å². The topological polar surface area (TPSA) is 80.4 Å². The van der Waals surface area contributed by atoms with Crippen LogP contribution in [0.4, 0.5) is 5.69 Å². The maximum absolute atomic E-state index is 11.4. The van der Waals surface area contributed by atoms with Crippen LogP contribution in [0.3, 0.4) is 0 Å². The van der Waals surface area contributed by atoms with Gasteiger partial charge in [0, 0.05) is 17.0 Å². The fraction of sp³-hybridized carbons (Fsp3) is 0.133. The number of carboxylic acids is 1. The molecule has 0 aliphatic carbocycles. The Balaban J connectivity index is 2.15. The maximum atomic E-state index is 11.4. The van der Waals surface area contributed by atoms with Gasteiger partial charge in [-0.25, -0.2) is 0 Å². The zero-order chi connectivity index (χ0) is 15.2. The van der Waals surface area contributed by atoms with Gasteiger partial charge in [0.1, 0.15) is 5.25 Å². The van der Waals surface area contributed by atoms with Crippen molar-refractivity contribution in [2.45, 2.75) is 16.6 Å². The number of hydrogen-bond acceptors (Lipinski definition) is 4. The molecule has 0 aromatic heterocycles. The van der Waals surface area contributed by atoms with Crippen molar-refractivity contribution in [1.82, 2.24) is 0 Å². The second-order valence-electron chi connectivity index (χ2n) is 4.39. The number of carboxylic acid groups (broad SMARTS) is 1. The number of carbonyl (C=O) groups is 1. The number of non-ortho nitro benzene ring substituents is 1. The molecule has 0 spiro atoms. The molecule has 0 saturated heterocycles. The minimum Gasteiger partial charge on any atom is -0.480 e. The highest BCUT2D eigenvalue weighted by molar-refractivity contribution is 8.00. The second-order valence-corrected chi connectivity index (χ2v) is 5.67. The van der Waals surface area contributed by atoms with Gasteiger partial charge in [-0.15, -0.1) is 11.8 Å². The molecular formula is C15H13NO4S. The lowest BCUT2D eigenvalue weighted by Crippen LogP contribution is -2.19. The van der Waals surface area contributed by atoms with Crippen molar-refractivity contribution in [2.75, 3.05) is 0 Å². The largest absolute Gasteiger partial charge is 0.480 e. The number of hydrogen-bond donors (Lipinski definition) is 1. The zero-order valence-electron chi connectivity index (χ0n) is 11.0. The van der Waals surface area contributed by atoms with Gasteiger partial charge in [0.25, 0.3) is 5.69 Å². The van der Waals surface area contributed by atoms with E-state index in [-0.39, 0.29) is 12.1 Å². The molecule has 0 aliphatic heterocycles. The average molecular weight is 303 g/mol. The van der Waals surface area contributed by atoms with E-state index >= 15 is 0 Å². The summed E-state index contributed by atoms with van der Waals surface area (Å²) in [6, 6.07) is 15.3. The first-order valence-corrected chi connectivity index (χ1v) is 7.12. The lowest BCUT2D eigenvalue weighted by Gasteiger charge is -2.12. The minimum absolute atomic E-state index is 0.0265. The third-order valence-corrected chi connectivity index (χ3v) is 4.04. The fourth-order valence-electron chi connectivity index (χ4n) is 1.85. The molecule has 0 aliphatic rings. The van der Waals surface area contributed by atoms with Gasteiger partial charge in [0.2, 0.25) is 0 Å². The van der Waals surface area contributed by atoms with E-state index in [1.807, 2.05) is 30.3 Å². The molecule has 21 heavy (non-hydrogen) atoms. The molecule has 0 bridgehead atoms. The Bertz CT molecular complexity index is 645. The summed E-state index contributed by atoms with van der Waals surface area (Å²) in [5, 5.41) is 19.4. The Labute approximate surface area is 125 Å². The molecule has 0 fully saturated rings. The Morgan fingerprint density at radius 3 is 2.52 bits per heavy atom. The van der Waals surface area contributed by atoms with E-state index in [9.17, 15) is 20.0 Å². The first-order valence-electron chi connectivity index (χ1n) is 6.24. The number of thioether (sulfide) groups is 1. The number of rotatable bonds is 6. The third kappa shape index (κ3) is 4.32. The molecule has 0 amide bonds. The first kappa shape index (κ1) is 15.1. The van der Waals surface area contributed by atoms with Crippen LogP contribution in [-0.2, 0) is 11.2 Å². The SMILES string of the molecule is O=C(O)[C@H](Cc1cccc([N+](=O)[O-])c1)Sc1ccccc1. The summed E-state index contributed by atoms with van der Waals surface area (Å²) < 4.78 is 0. The van der Waals surface area contributed by atoms with Crippen molar-refractivity contribution in [3.05, 3.63) is 70.3 Å². The molecule has 6 heteroatoms. The highest BCUT2D eigenvalue weighted by Crippen LogP contribution is 2.26. The van der Waals surface area contributed by atoms with Crippen LogP contribution >= 0.6 is 11.8 Å². The van der Waals surface area contributed by atoms with Gasteiger partial charge >= 0.3 is 5.97 Å². The lowest BCUT2D eigenvalue weighted by atomic mass is 10.1. The Morgan fingerprint density at radius 1 is 1.19 bits per heavy atom. The monoisotopic (exact) mass is 303 g/mol. The van der Waals surface area contributed by atoms with Crippen molar-refractivity contribution in [3.63, 3.8) is 0 Å². The van der Waals surface area contributed by atoms with E-state index in [1.165, 1.54) is 23.9 Å². The molecular weight excluding hydrogens is 290 g/mol. The minimum atomic E-state index is -0.935. The highest BCUT2D eigenvalue weighted by Gasteiger charge is 2.20. The predicted octanol–water partition coefficient (Wildman–Crippen LogP) is 3.38. The molecule has 1 atom stereocenters. The molecule has 0 saturated carbocycles.